The summed E-state index contributed by atoms with van der Waals surface area (Å²) in [5.74, 6) is 0.370. The van der Waals surface area contributed by atoms with Crippen molar-refractivity contribution < 1.29 is 0 Å². The molecule has 1 aromatic heterocycles. The molecular formula is C9H16N4S. The summed E-state index contributed by atoms with van der Waals surface area (Å²) in [5, 5.41) is 4.16. The van der Waals surface area contributed by atoms with E-state index in [1.54, 1.807) is 0 Å². The van der Waals surface area contributed by atoms with Gasteiger partial charge in [0.1, 0.15) is 0 Å². The summed E-state index contributed by atoms with van der Waals surface area (Å²) in [6, 6.07) is 0. The van der Waals surface area contributed by atoms with Crippen molar-refractivity contribution in [3.63, 3.8) is 0 Å². The maximum atomic E-state index is 5.44. The van der Waals surface area contributed by atoms with Gasteiger partial charge in [0.05, 0.1) is 0 Å². The van der Waals surface area contributed by atoms with Gasteiger partial charge >= 0.3 is 0 Å². The van der Waals surface area contributed by atoms with Crippen LogP contribution in [0.4, 0.5) is 11.1 Å². The summed E-state index contributed by atoms with van der Waals surface area (Å²) >= 11 is 1.33. The third kappa shape index (κ3) is 2.15. The highest BCUT2D eigenvalue weighted by Crippen LogP contribution is 2.37. The normalized spacial score (nSPS) is 19.8. The quantitative estimate of drug-likeness (QED) is 0.805. The Morgan fingerprint density at radius 1 is 1.50 bits per heavy atom. The smallest absolute Gasteiger partial charge is 0.233 e. The molecule has 1 aromatic rings. The summed E-state index contributed by atoms with van der Waals surface area (Å²) in [6.07, 6.45) is 5.34. The van der Waals surface area contributed by atoms with Crippen molar-refractivity contribution in [2.24, 2.45) is 5.41 Å². The Morgan fingerprint density at radius 2 is 2.21 bits per heavy atom. The van der Waals surface area contributed by atoms with E-state index in [-0.39, 0.29) is 0 Å². The van der Waals surface area contributed by atoms with E-state index in [1.807, 2.05) is 0 Å². The molecule has 1 aliphatic rings. The molecule has 14 heavy (non-hydrogen) atoms. The Morgan fingerprint density at radius 3 is 2.79 bits per heavy atom. The molecule has 1 heterocycles. The number of nitrogens with two attached hydrogens (primary N) is 1. The Balaban J connectivity index is 1.87. The van der Waals surface area contributed by atoms with Crippen molar-refractivity contribution in [2.75, 3.05) is 17.6 Å². The van der Waals surface area contributed by atoms with Crippen LogP contribution in [0.25, 0.3) is 0 Å². The molecule has 0 aliphatic heterocycles. The van der Waals surface area contributed by atoms with Crippen LogP contribution in [0.5, 0.6) is 0 Å². The molecule has 4 nitrogen and oxygen atoms in total. The molecule has 0 amide bonds. The van der Waals surface area contributed by atoms with E-state index in [4.69, 9.17) is 5.73 Å². The summed E-state index contributed by atoms with van der Waals surface area (Å²) in [6.45, 7) is 3.32. The first kappa shape index (κ1) is 9.71. The van der Waals surface area contributed by atoms with Crippen LogP contribution in [0.1, 0.15) is 32.6 Å². The molecule has 5 heteroatoms. The summed E-state index contributed by atoms with van der Waals surface area (Å²) in [5.41, 5.74) is 5.89. The average Bonchev–Trinajstić information content (AvgIpc) is 2.73. The molecular weight excluding hydrogens is 196 g/mol. The van der Waals surface area contributed by atoms with Crippen LogP contribution < -0.4 is 11.1 Å². The number of aromatic nitrogens is 2. The van der Waals surface area contributed by atoms with Crippen molar-refractivity contribution in [1.29, 1.82) is 0 Å². The molecule has 1 fully saturated rings. The van der Waals surface area contributed by atoms with Crippen LogP contribution in [-0.2, 0) is 0 Å². The van der Waals surface area contributed by atoms with Gasteiger partial charge in [-0.05, 0) is 18.3 Å². The van der Waals surface area contributed by atoms with E-state index >= 15 is 0 Å². The Hall–Kier alpha value is -0.840. The second kappa shape index (κ2) is 3.73. The molecule has 2 rings (SSSR count). The fourth-order valence-corrected chi connectivity index (χ4v) is 2.49. The van der Waals surface area contributed by atoms with E-state index in [0.29, 0.717) is 11.4 Å². The van der Waals surface area contributed by atoms with Gasteiger partial charge in [-0.3, -0.25) is 0 Å². The number of nitrogen functional groups attached to an aromatic ring is 1. The Kier molecular flexibility index (Phi) is 2.58. The lowest BCUT2D eigenvalue weighted by Crippen LogP contribution is -2.22. The van der Waals surface area contributed by atoms with Crippen molar-refractivity contribution in [2.45, 2.75) is 32.6 Å². The number of rotatable bonds is 3. The molecule has 0 bridgehead atoms. The lowest BCUT2D eigenvalue weighted by Gasteiger charge is -2.23. The zero-order valence-electron chi connectivity index (χ0n) is 8.42. The number of nitrogens with one attached hydrogen (secondary N) is 1. The summed E-state index contributed by atoms with van der Waals surface area (Å²) in [4.78, 5) is 4.08. The van der Waals surface area contributed by atoms with E-state index in [9.17, 15) is 0 Å². The summed E-state index contributed by atoms with van der Waals surface area (Å²) < 4.78 is 3.93. The minimum absolute atomic E-state index is 0.370. The highest BCUT2D eigenvalue weighted by atomic mass is 32.1. The molecule has 1 saturated carbocycles. The van der Waals surface area contributed by atoms with Crippen LogP contribution in [0.2, 0.25) is 0 Å². The first-order valence-corrected chi connectivity index (χ1v) is 5.78. The van der Waals surface area contributed by atoms with Gasteiger partial charge in [-0.1, -0.05) is 19.8 Å². The average molecular weight is 212 g/mol. The van der Waals surface area contributed by atoms with Crippen molar-refractivity contribution >= 4 is 22.6 Å². The van der Waals surface area contributed by atoms with Gasteiger partial charge < -0.3 is 11.1 Å². The lowest BCUT2D eigenvalue weighted by atomic mass is 9.89. The zero-order chi connectivity index (χ0) is 10.0. The van der Waals surface area contributed by atoms with E-state index in [2.05, 4.69) is 21.6 Å². The van der Waals surface area contributed by atoms with Crippen LogP contribution in [-0.4, -0.2) is 15.9 Å². The minimum Gasteiger partial charge on any atom is -0.367 e. The predicted molar refractivity (Wildman–Crippen MR) is 59.4 cm³/mol. The lowest BCUT2D eigenvalue weighted by molar-refractivity contribution is 0.362. The van der Waals surface area contributed by atoms with Crippen LogP contribution in [0.3, 0.4) is 0 Å². The van der Waals surface area contributed by atoms with Gasteiger partial charge in [0.15, 0.2) is 0 Å². The molecule has 3 N–H and O–H groups in total. The van der Waals surface area contributed by atoms with Crippen molar-refractivity contribution in [3.05, 3.63) is 0 Å². The Bertz CT molecular complexity index is 304. The first-order valence-electron chi connectivity index (χ1n) is 5.01. The van der Waals surface area contributed by atoms with Crippen molar-refractivity contribution in [1.82, 2.24) is 9.36 Å². The molecule has 0 saturated heterocycles. The van der Waals surface area contributed by atoms with E-state index in [1.165, 1.54) is 37.2 Å². The van der Waals surface area contributed by atoms with E-state index in [0.717, 1.165) is 11.7 Å². The van der Waals surface area contributed by atoms with Gasteiger partial charge in [0.2, 0.25) is 11.1 Å². The zero-order valence-corrected chi connectivity index (χ0v) is 9.23. The monoisotopic (exact) mass is 212 g/mol. The molecule has 0 aromatic carbocycles. The number of nitrogens with zero attached hydrogens (tertiary/aromatic N) is 2. The maximum Gasteiger partial charge on any atom is 0.233 e. The number of hydrogen-bond donors (Lipinski definition) is 2. The van der Waals surface area contributed by atoms with Gasteiger partial charge in [-0.25, -0.2) is 0 Å². The topological polar surface area (TPSA) is 63.8 Å². The first-order chi connectivity index (χ1) is 6.68. The third-order valence-corrected chi connectivity index (χ3v) is 3.61. The molecule has 78 valence electrons. The second-order valence-corrected chi connectivity index (χ2v) is 5.08. The van der Waals surface area contributed by atoms with Crippen LogP contribution in [0.15, 0.2) is 0 Å². The van der Waals surface area contributed by atoms with E-state index < -0.39 is 0 Å². The highest BCUT2D eigenvalue weighted by Gasteiger charge is 2.28. The number of anilines is 2. The van der Waals surface area contributed by atoms with Gasteiger partial charge in [0.25, 0.3) is 0 Å². The third-order valence-electron chi connectivity index (χ3n) is 2.92. The predicted octanol–water partition coefficient (Wildman–Crippen LogP) is 2.11. The van der Waals surface area contributed by atoms with Gasteiger partial charge in [-0.2, -0.15) is 9.36 Å². The van der Waals surface area contributed by atoms with Crippen molar-refractivity contribution in [3.8, 4) is 0 Å². The fourth-order valence-electron chi connectivity index (χ4n) is 2.00. The molecule has 0 radical (unpaired) electrons. The fraction of sp³-hybridized carbons (Fsp3) is 0.778. The minimum atomic E-state index is 0.370. The van der Waals surface area contributed by atoms with Gasteiger partial charge in [-0.15, -0.1) is 0 Å². The van der Waals surface area contributed by atoms with Crippen LogP contribution >= 0.6 is 11.5 Å². The SMILES string of the molecule is CC1(CNc2nc(N)ns2)CCCC1. The molecule has 0 unspecified atom stereocenters. The summed E-state index contributed by atoms with van der Waals surface area (Å²) in [7, 11) is 0. The van der Waals surface area contributed by atoms with Gasteiger partial charge in [0, 0.05) is 18.1 Å². The Labute approximate surface area is 88.1 Å². The van der Waals surface area contributed by atoms with Crippen LogP contribution in [0, 0.1) is 5.41 Å². The molecule has 0 atom stereocenters. The maximum absolute atomic E-state index is 5.44. The largest absolute Gasteiger partial charge is 0.367 e. The molecule has 0 spiro atoms. The second-order valence-electron chi connectivity index (χ2n) is 4.33. The number of hydrogen-bond acceptors (Lipinski definition) is 5. The molecule has 1 aliphatic carbocycles. The standard InChI is InChI=1S/C9H16N4S/c1-9(4-2-3-5-9)6-11-8-12-7(10)13-14-8/h2-6H2,1H3,(H3,10,11,12,13). The highest BCUT2D eigenvalue weighted by molar-refractivity contribution is 7.09.